The third-order valence-corrected chi connectivity index (χ3v) is 2.86. The highest BCUT2D eigenvalue weighted by Gasteiger charge is 2.42. The van der Waals surface area contributed by atoms with Gasteiger partial charge in [-0.1, -0.05) is 11.6 Å². The molecule has 2 nitrogen and oxygen atoms in total. The van der Waals surface area contributed by atoms with E-state index >= 15 is 0 Å². The standard InChI is InChI=1S/C12H23NO/c1-10(2)5-4-6-11(3)13-12(9-14)7-8-12/h5,11,13-14H,4,6-9H2,1-3H3. The van der Waals surface area contributed by atoms with E-state index in [1.54, 1.807) is 0 Å². The summed E-state index contributed by atoms with van der Waals surface area (Å²) in [6.45, 7) is 6.76. The van der Waals surface area contributed by atoms with Crippen molar-refractivity contribution >= 4 is 0 Å². The van der Waals surface area contributed by atoms with Gasteiger partial charge in [0.2, 0.25) is 0 Å². The van der Waals surface area contributed by atoms with Crippen LogP contribution in [-0.2, 0) is 0 Å². The van der Waals surface area contributed by atoms with Crippen LogP contribution in [0.2, 0.25) is 0 Å². The van der Waals surface area contributed by atoms with Crippen LogP contribution in [0.4, 0.5) is 0 Å². The summed E-state index contributed by atoms with van der Waals surface area (Å²) >= 11 is 0. The largest absolute Gasteiger partial charge is 0.394 e. The maximum Gasteiger partial charge on any atom is 0.0613 e. The highest BCUT2D eigenvalue weighted by atomic mass is 16.3. The molecule has 14 heavy (non-hydrogen) atoms. The van der Waals surface area contributed by atoms with Gasteiger partial charge in [-0.05, 0) is 46.5 Å². The van der Waals surface area contributed by atoms with Crippen molar-refractivity contribution in [3.05, 3.63) is 11.6 Å². The molecule has 0 aromatic carbocycles. The lowest BCUT2D eigenvalue weighted by Gasteiger charge is -2.20. The first kappa shape index (κ1) is 11.7. The van der Waals surface area contributed by atoms with E-state index in [2.05, 4.69) is 32.2 Å². The Hall–Kier alpha value is -0.340. The van der Waals surface area contributed by atoms with E-state index in [1.165, 1.54) is 5.57 Å². The fourth-order valence-corrected chi connectivity index (χ4v) is 1.72. The molecule has 2 N–H and O–H groups in total. The van der Waals surface area contributed by atoms with Crippen LogP contribution in [0.25, 0.3) is 0 Å². The summed E-state index contributed by atoms with van der Waals surface area (Å²) < 4.78 is 0. The summed E-state index contributed by atoms with van der Waals surface area (Å²) in [5.74, 6) is 0. The predicted octanol–water partition coefficient (Wildman–Crippen LogP) is 2.24. The van der Waals surface area contributed by atoms with Gasteiger partial charge in [0.1, 0.15) is 0 Å². The molecule has 0 spiro atoms. The van der Waals surface area contributed by atoms with Gasteiger partial charge >= 0.3 is 0 Å². The van der Waals surface area contributed by atoms with E-state index in [0.717, 1.165) is 25.7 Å². The summed E-state index contributed by atoms with van der Waals surface area (Å²) in [6.07, 6.45) is 6.84. The van der Waals surface area contributed by atoms with E-state index in [4.69, 9.17) is 5.11 Å². The molecule has 0 aromatic heterocycles. The fraction of sp³-hybridized carbons (Fsp3) is 0.833. The Balaban J connectivity index is 2.16. The van der Waals surface area contributed by atoms with Crippen molar-refractivity contribution < 1.29 is 5.11 Å². The van der Waals surface area contributed by atoms with Crippen LogP contribution in [0.3, 0.4) is 0 Å². The fourth-order valence-electron chi connectivity index (χ4n) is 1.72. The molecule has 1 unspecified atom stereocenters. The summed E-state index contributed by atoms with van der Waals surface area (Å²) in [4.78, 5) is 0. The summed E-state index contributed by atoms with van der Waals surface area (Å²) in [6, 6.07) is 0.514. The normalized spacial score (nSPS) is 20.3. The highest BCUT2D eigenvalue weighted by Crippen LogP contribution is 2.35. The van der Waals surface area contributed by atoms with Crippen LogP contribution >= 0.6 is 0 Å². The molecule has 2 heteroatoms. The number of aliphatic hydroxyl groups is 1. The van der Waals surface area contributed by atoms with Crippen molar-refractivity contribution in [2.45, 2.75) is 58.0 Å². The molecule has 0 radical (unpaired) electrons. The lowest BCUT2D eigenvalue weighted by Crippen LogP contribution is -2.41. The number of hydrogen-bond acceptors (Lipinski definition) is 2. The average molecular weight is 197 g/mol. The first-order chi connectivity index (χ1) is 6.58. The SMILES string of the molecule is CC(C)=CCCC(C)NC1(CO)CC1. The molecule has 1 fully saturated rings. The van der Waals surface area contributed by atoms with Crippen molar-refractivity contribution in [2.75, 3.05) is 6.61 Å². The minimum absolute atomic E-state index is 0.0877. The van der Waals surface area contributed by atoms with Crippen LogP contribution in [-0.4, -0.2) is 23.3 Å². The zero-order chi connectivity index (χ0) is 10.6. The smallest absolute Gasteiger partial charge is 0.0613 e. The molecule has 1 aliphatic rings. The molecule has 1 saturated carbocycles. The minimum Gasteiger partial charge on any atom is -0.394 e. The lowest BCUT2D eigenvalue weighted by atomic mass is 10.1. The van der Waals surface area contributed by atoms with Gasteiger partial charge in [-0.3, -0.25) is 0 Å². The summed E-state index contributed by atoms with van der Waals surface area (Å²) in [5.41, 5.74) is 1.48. The van der Waals surface area contributed by atoms with Crippen LogP contribution in [0.15, 0.2) is 11.6 Å². The molecule has 0 heterocycles. The van der Waals surface area contributed by atoms with Crippen molar-refractivity contribution in [1.82, 2.24) is 5.32 Å². The predicted molar refractivity (Wildman–Crippen MR) is 60.3 cm³/mol. The topological polar surface area (TPSA) is 32.3 Å². The van der Waals surface area contributed by atoms with E-state index < -0.39 is 0 Å². The Labute approximate surface area is 87.4 Å². The van der Waals surface area contributed by atoms with Crippen molar-refractivity contribution in [3.63, 3.8) is 0 Å². The van der Waals surface area contributed by atoms with Gasteiger partial charge in [-0.2, -0.15) is 0 Å². The molecule has 1 rings (SSSR count). The van der Waals surface area contributed by atoms with E-state index in [1.807, 2.05) is 0 Å². The number of nitrogens with one attached hydrogen (secondary N) is 1. The molecule has 0 aliphatic heterocycles. The lowest BCUT2D eigenvalue weighted by molar-refractivity contribution is 0.219. The second-order valence-electron chi connectivity index (χ2n) is 4.84. The molecule has 1 aliphatic carbocycles. The molecular formula is C12H23NO. The molecule has 0 bridgehead atoms. The third-order valence-electron chi connectivity index (χ3n) is 2.86. The Morgan fingerprint density at radius 1 is 1.50 bits per heavy atom. The van der Waals surface area contributed by atoms with Gasteiger partial charge in [0.05, 0.1) is 6.61 Å². The Bertz CT molecular complexity index is 202. The van der Waals surface area contributed by atoms with Gasteiger partial charge in [0.25, 0.3) is 0 Å². The number of hydrogen-bond donors (Lipinski definition) is 2. The Morgan fingerprint density at radius 3 is 2.57 bits per heavy atom. The van der Waals surface area contributed by atoms with Crippen LogP contribution in [0.1, 0.15) is 46.5 Å². The number of allylic oxidation sites excluding steroid dienone is 2. The van der Waals surface area contributed by atoms with E-state index in [0.29, 0.717) is 12.6 Å². The van der Waals surface area contributed by atoms with Crippen LogP contribution in [0.5, 0.6) is 0 Å². The monoisotopic (exact) mass is 197 g/mol. The molecule has 0 aromatic rings. The maximum atomic E-state index is 9.14. The van der Waals surface area contributed by atoms with Gasteiger partial charge in [0.15, 0.2) is 0 Å². The van der Waals surface area contributed by atoms with Gasteiger partial charge in [-0.15, -0.1) is 0 Å². The van der Waals surface area contributed by atoms with Gasteiger partial charge < -0.3 is 10.4 Å². The first-order valence-corrected chi connectivity index (χ1v) is 5.60. The van der Waals surface area contributed by atoms with Crippen LogP contribution in [0, 0.1) is 0 Å². The molecule has 0 amide bonds. The second kappa shape index (κ2) is 4.94. The maximum absolute atomic E-state index is 9.14. The quantitative estimate of drug-likeness (QED) is 0.640. The van der Waals surface area contributed by atoms with Gasteiger partial charge in [-0.25, -0.2) is 0 Å². The van der Waals surface area contributed by atoms with Crippen molar-refractivity contribution in [3.8, 4) is 0 Å². The molecule has 82 valence electrons. The summed E-state index contributed by atoms with van der Waals surface area (Å²) in [5, 5.41) is 12.7. The minimum atomic E-state index is 0.0877. The van der Waals surface area contributed by atoms with Crippen molar-refractivity contribution in [2.24, 2.45) is 0 Å². The Kier molecular flexibility index (Phi) is 4.14. The molecule has 0 saturated heterocycles. The van der Waals surface area contributed by atoms with Gasteiger partial charge in [0, 0.05) is 11.6 Å². The average Bonchev–Trinajstić information content (AvgIpc) is 2.85. The number of aliphatic hydroxyl groups excluding tert-OH is 1. The highest BCUT2D eigenvalue weighted by molar-refractivity contribution is 5.03. The van der Waals surface area contributed by atoms with Crippen molar-refractivity contribution in [1.29, 1.82) is 0 Å². The number of rotatable bonds is 6. The van der Waals surface area contributed by atoms with E-state index in [-0.39, 0.29) is 5.54 Å². The zero-order valence-corrected chi connectivity index (χ0v) is 9.64. The second-order valence-corrected chi connectivity index (χ2v) is 4.84. The van der Waals surface area contributed by atoms with E-state index in [9.17, 15) is 0 Å². The first-order valence-electron chi connectivity index (χ1n) is 5.60. The molecular weight excluding hydrogens is 174 g/mol. The summed E-state index contributed by atoms with van der Waals surface area (Å²) in [7, 11) is 0. The zero-order valence-electron chi connectivity index (χ0n) is 9.64. The van der Waals surface area contributed by atoms with Crippen LogP contribution < -0.4 is 5.32 Å². The third kappa shape index (κ3) is 3.81. The Morgan fingerprint density at radius 2 is 2.14 bits per heavy atom. The molecule has 1 atom stereocenters.